The number of methoxy groups -OCH3 is 1. The number of likely N-dealkylation sites (N-methyl/N-ethyl adjacent to an activating group) is 1. The Kier molecular flexibility index (Phi) is 7.02. The van der Waals surface area contributed by atoms with Crippen LogP contribution in [0.15, 0.2) is 53.3 Å². The summed E-state index contributed by atoms with van der Waals surface area (Å²) < 4.78 is 6.35. The average molecular weight is 422 g/mol. The normalized spacial score (nSPS) is 10.7. The maximum Gasteiger partial charge on any atom is 0.275 e. The van der Waals surface area contributed by atoms with Crippen LogP contribution in [0.2, 0.25) is 0 Å². The molecule has 162 valence electrons. The lowest BCUT2D eigenvalue weighted by Gasteiger charge is -2.19. The number of hydrogen-bond donors (Lipinski definition) is 1. The molecular formula is C23H26N4O4. The van der Waals surface area contributed by atoms with Crippen LogP contribution in [0.5, 0.6) is 5.75 Å². The van der Waals surface area contributed by atoms with Crippen molar-refractivity contribution in [3.05, 3.63) is 64.6 Å². The van der Waals surface area contributed by atoms with Crippen LogP contribution in [-0.2, 0) is 22.6 Å². The summed E-state index contributed by atoms with van der Waals surface area (Å²) in [6.07, 6.45) is 0.0522. The van der Waals surface area contributed by atoms with Gasteiger partial charge >= 0.3 is 0 Å². The molecule has 2 aromatic carbocycles. The molecule has 0 bridgehead atoms. The molecule has 0 unspecified atom stereocenters. The summed E-state index contributed by atoms with van der Waals surface area (Å²) >= 11 is 0. The average Bonchev–Trinajstić information content (AvgIpc) is 2.78. The van der Waals surface area contributed by atoms with E-state index in [9.17, 15) is 14.4 Å². The van der Waals surface area contributed by atoms with E-state index in [0.717, 1.165) is 4.68 Å². The van der Waals surface area contributed by atoms with Crippen LogP contribution in [0.25, 0.3) is 10.8 Å². The van der Waals surface area contributed by atoms with E-state index in [1.54, 1.807) is 53.4 Å². The van der Waals surface area contributed by atoms with Crippen molar-refractivity contribution in [2.45, 2.75) is 26.8 Å². The number of amides is 2. The van der Waals surface area contributed by atoms with E-state index in [1.165, 1.54) is 7.11 Å². The number of nitrogens with zero attached hydrogens (tertiary/aromatic N) is 3. The zero-order valence-electron chi connectivity index (χ0n) is 17.9. The molecule has 0 saturated heterocycles. The summed E-state index contributed by atoms with van der Waals surface area (Å²) in [6, 6.07) is 14.0. The molecule has 0 aliphatic carbocycles. The van der Waals surface area contributed by atoms with Gasteiger partial charge in [0.1, 0.15) is 12.3 Å². The Morgan fingerprint density at radius 2 is 1.68 bits per heavy atom. The molecule has 1 aromatic heterocycles. The van der Waals surface area contributed by atoms with Crippen LogP contribution in [0.3, 0.4) is 0 Å². The van der Waals surface area contributed by atoms with Crippen molar-refractivity contribution < 1.29 is 14.3 Å². The molecule has 3 rings (SSSR count). The first-order valence-corrected chi connectivity index (χ1v) is 10.2. The van der Waals surface area contributed by atoms with Gasteiger partial charge in [0.2, 0.25) is 11.8 Å². The lowest BCUT2D eigenvalue weighted by molar-refractivity contribution is -0.130. The second kappa shape index (κ2) is 9.88. The van der Waals surface area contributed by atoms with Crippen molar-refractivity contribution in [3.8, 4) is 5.75 Å². The Bertz CT molecular complexity index is 1150. The number of anilines is 1. The molecule has 0 fully saturated rings. The van der Waals surface area contributed by atoms with E-state index in [4.69, 9.17) is 4.74 Å². The zero-order valence-corrected chi connectivity index (χ0v) is 17.9. The van der Waals surface area contributed by atoms with Crippen LogP contribution >= 0.6 is 0 Å². The fourth-order valence-electron chi connectivity index (χ4n) is 3.45. The third-order valence-corrected chi connectivity index (χ3v) is 5.05. The molecular weight excluding hydrogens is 396 g/mol. The number of benzene rings is 2. The topological polar surface area (TPSA) is 93.5 Å². The number of nitrogens with one attached hydrogen (secondary N) is 1. The van der Waals surface area contributed by atoms with Gasteiger partial charge in [0.25, 0.3) is 5.56 Å². The van der Waals surface area contributed by atoms with Crippen LogP contribution in [0.1, 0.15) is 19.5 Å². The van der Waals surface area contributed by atoms with E-state index in [0.29, 0.717) is 41.0 Å². The van der Waals surface area contributed by atoms with E-state index in [-0.39, 0.29) is 24.4 Å². The van der Waals surface area contributed by atoms with Gasteiger partial charge in [-0.15, -0.1) is 0 Å². The first-order chi connectivity index (χ1) is 15.0. The first kappa shape index (κ1) is 22.0. The van der Waals surface area contributed by atoms with Crippen molar-refractivity contribution in [2.75, 3.05) is 25.5 Å². The van der Waals surface area contributed by atoms with Gasteiger partial charge in [-0.1, -0.05) is 30.3 Å². The summed E-state index contributed by atoms with van der Waals surface area (Å²) in [6.45, 7) is 4.72. The van der Waals surface area contributed by atoms with Gasteiger partial charge in [0, 0.05) is 18.5 Å². The number of hydrogen-bond acceptors (Lipinski definition) is 5. The molecule has 0 atom stereocenters. The minimum absolute atomic E-state index is 0.0522. The predicted octanol–water partition coefficient (Wildman–Crippen LogP) is 2.45. The first-order valence-electron chi connectivity index (χ1n) is 10.2. The number of fused-ring (bicyclic) bond motifs is 1. The Balaban J connectivity index is 1.93. The Morgan fingerprint density at radius 1 is 1.03 bits per heavy atom. The van der Waals surface area contributed by atoms with E-state index >= 15 is 0 Å². The van der Waals surface area contributed by atoms with E-state index < -0.39 is 5.91 Å². The van der Waals surface area contributed by atoms with Gasteiger partial charge in [-0.05, 0) is 32.0 Å². The predicted molar refractivity (Wildman–Crippen MR) is 119 cm³/mol. The van der Waals surface area contributed by atoms with Crippen molar-refractivity contribution in [1.82, 2.24) is 14.7 Å². The number of carbonyl (C=O) groups is 2. The number of rotatable bonds is 8. The molecule has 0 aliphatic rings. The molecule has 31 heavy (non-hydrogen) atoms. The highest BCUT2D eigenvalue weighted by atomic mass is 16.5. The highest BCUT2D eigenvalue weighted by Gasteiger charge is 2.18. The molecule has 0 radical (unpaired) electrons. The maximum absolute atomic E-state index is 12.9. The monoisotopic (exact) mass is 422 g/mol. The molecule has 0 saturated carbocycles. The summed E-state index contributed by atoms with van der Waals surface area (Å²) in [5.41, 5.74) is 0.586. The number of para-hydroxylation sites is 2. The van der Waals surface area contributed by atoms with Crippen LogP contribution < -0.4 is 15.6 Å². The standard InChI is InChI=1S/C23H26N4O4/c1-4-26(5-2)22(29)14-19-16-10-6-7-11-17(16)23(30)27(25-19)15-21(28)24-18-12-8-9-13-20(18)31-3/h6-13H,4-5,14-15H2,1-3H3,(H,24,28). The van der Waals surface area contributed by atoms with E-state index in [2.05, 4.69) is 10.4 Å². The fourth-order valence-corrected chi connectivity index (χ4v) is 3.45. The summed E-state index contributed by atoms with van der Waals surface area (Å²) in [4.78, 5) is 39.9. The van der Waals surface area contributed by atoms with Gasteiger partial charge in [-0.25, -0.2) is 4.68 Å². The zero-order chi connectivity index (χ0) is 22.4. The third kappa shape index (κ3) is 4.91. The number of carbonyl (C=O) groups excluding carboxylic acids is 2. The van der Waals surface area contributed by atoms with Crippen LogP contribution in [-0.4, -0.2) is 46.7 Å². The number of ether oxygens (including phenoxy) is 1. The van der Waals surface area contributed by atoms with E-state index in [1.807, 2.05) is 13.8 Å². The van der Waals surface area contributed by atoms with Crippen molar-refractivity contribution >= 4 is 28.3 Å². The van der Waals surface area contributed by atoms with Gasteiger partial charge in [-0.2, -0.15) is 5.10 Å². The molecule has 1 N–H and O–H groups in total. The summed E-state index contributed by atoms with van der Waals surface area (Å²) in [7, 11) is 1.51. The minimum atomic E-state index is -0.421. The highest BCUT2D eigenvalue weighted by Crippen LogP contribution is 2.23. The second-order valence-corrected chi connectivity index (χ2v) is 6.95. The molecule has 0 spiro atoms. The van der Waals surface area contributed by atoms with Crippen molar-refractivity contribution in [1.29, 1.82) is 0 Å². The largest absolute Gasteiger partial charge is 0.495 e. The molecule has 0 aliphatic heterocycles. The molecule has 1 heterocycles. The van der Waals surface area contributed by atoms with Crippen molar-refractivity contribution in [3.63, 3.8) is 0 Å². The third-order valence-electron chi connectivity index (χ3n) is 5.05. The smallest absolute Gasteiger partial charge is 0.275 e. The maximum atomic E-state index is 12.9. The molecule has 2 amide bonds. The highest BCUT2D eigenvalue weighted by molar-refractivity contribution is 5.92. The Hall–Kier alpha value is -3.68. The fraction of sp³-hybridized carbons (Fsp3) is 0.304. The minimum Gasteiger partial charge on any atom is -0.495 e. The number of aromatic nitrogens is 2. The Labute approximate surface area is 180 Å². The van der Waals surface area contributed by atoms with Gasteiger partial charge < -0.3 is 15.0 Å². The van der Waals surface area contributed by atoms with Gasteiger partial charge in [0.15, 0.2) is 0 Å². The molecule has 8 heteroatoms. The lowest BCUT2D eigenvalue weighted by Crippen LogP contribution is -2.34. The van der Waals surface area contributed by atoms with Gasteiger partial charge in [0.05, 0.1) is 30.3 Å². The SMILES string of the molecule is CCN(CC)C(=O)Cc1nn(CC(=O)Nc2ccccc2OC)c(=O)c2ccccc12. The Morgan fingerprint density at radius 3 is 2.35 bits per heavy atom. The molecule has 8 nitrogen and oxygen atoms in total. The van der Waals surface area contributed by atoms with Gasteiger partial charge in [-0.3, -0.25) is 14.4 Å². The summed E-state index contributed by atoms with van der Waals surface area (Å²) in [5, 5.41) is 8.16. The quantitative estimate of drug-likeness (QED) is 0.602. The summed E-state index contributed by atoms with van der Waals surface area (Å²) in [5.74, 6) is 0.0157. The lowest BCUT2D eigenvalue weighted by atomic mass is 10.1. The second-order valence-electron chi connectivity index (χ2n) is 6.95. The molecule has 3 aromatic rings. The van der Waals surface area contributed by atoms with Crippen LogP contribution in [0, 0.1) is 0 Å². The van der Waals surface area contributed by atoms with Crippen molar-refractivity contribution in [2.24, 2.45) is 0 Å². The van der Waals surface area contributed by atoms with Crippen LogP contribution in [0.4, 0.5) is 5.69 Å².